The Labute approximate surface area is 553 Å². The molecule has 0 aliphatic rings. The van der Waals surface area contributed by atoms with Crippen LogP contribution < -0.4 is 53.6 Å². The van der Waals surface area contributed by atoms with E-state index >= 15 is 0 Å². The van der Waals surface area contributed by atoms with Gasteiger partial charge in [-0.05, 0) is 106 Å². The summed E-state index contributed by atoms with van der Waals surface area (Å²) in [5, 5.41) is 132. The quantitative estimate of drug-likeness (QED) is 0.0183. The molecule has 22 N–H and O–H groups in total. The molecule has 0 aromatic heterocycles. The van der Waals surface area contributed by atoms with Gasteiger partial charge < -0.3 is 110 Å². The largest absolute Gasteiger partial charge is 0.508 e. The lowest BCUT2D eigenvalue weighted by atomic mass is 10.00. The zero-order chi connectivity index (χ0) is 70.9. The molecule has 6 aromatic carbocycles. The van der Waals surface area contributed by atoms with Crippen LogP contribution in [-0.4, -0.2) is 202 Å². The van der Waals surface area contributed by atoms with Crippen LogP contribution in [0.25, 0.3) is 0 Å². The van der Waals surface area contributed by atoms with Crippen molar-refractivity contribution in [2.75, 3.05) is 26.4 Å². The number of benzene rings is 6. The summed E-state index contributed by atoms with van der Waals surface area (Å²) in [5.41, 5.74) is 7.51. The first-order valence-corrected chi connectivity index (χ1v) is 30.1. The number of phenolic OH excluding ortho intramolecular Hbond substituents is 6. The van der Waals surface area contributed by atoms with Crippen molar-refractivity contribution in [3.63, 3.8) is 0 Å². The first-order chi connectivity index (χ1) is 46.2. The molecule has 0 fully saturated rings. The molecule has 0 saturated carbocycles. The Bertz CT molecular complexity index is 3660. The molecule has 97 heavy (non-hydrogen) atoms. The lowest BCUT2D eigenvalue weighted by Gasteiger charge is -2.28. The maximum Gasteiger partial charge on any atom is 0.326 e. The Morgan fingerprint density at radius 2 is 0.402 bits per heavy atom. The molecule has 0 aliphatic heterocycles. The molecular formula is C66H76N10O21. The Morgan fingerprint density at radius 3 is 0.577 bits per heavy atom. The van der Waals surface area contributed by atoms with Gasteiger partial charge in [-0.15, -0.1) is 0 Å². The molecule has 9 amide bonds. The number of carbonyl (C=O) groups excluding carboxylic acids is 9. The van der Waals surface area contributed by atoms with Gasteiger partial charge in [0, 0.05) is 38.5 Å². The van der Waals surface area contributed by atoms with Crippen LogP contribution in [0.5, 0.6) is 34.5 Å². The topological polar surface area (TPSA) is 528 Å². The molecule has 0 spiro atoms. The molecule has 31 heteroatoms. The maximum absolute atomic E-state index is 14.9. The number of aliphatic hydroxyl groups is 4. The molecule has 0 saturated heterocycles. The minimum Gasteiger partial charge on any atom is -0.508 e. The third kappa shape index (κ3) is 23.5. The Hall–Kier alpha value is -11.4. The van der Waals surface area contributed by atoms with E-state index in [0.29, 0.717) is 27.8 Å². The highest BCUT2D eigenvalue weighted by Crippen LogP contribution is 2.19. The van der Waals surface area contributed by atoms with E-state index in [4.69, 9.17) is 5.73 Å². The summed E-state index contributed by atoms with van der Waals surface area (Å²) in [6.07, 6.45) is -2.16. The lowest BCUT2D eigenvalue weighted by molar-refractivity contribution is -0.142. The Balaban J connectivity index is 1.28. The maximum atomic E-state index is 14.9. The predicted octanol–water partition coefficient (Wildman–Crippen LogP) is -3.58. The van der Waals surface area contributed by atoms with Crippen LogP contribution in [0.2, 0.25) is 0 Å². The van der Waals surface area contributed by atoms with Gasteiger partial charge >= 0.3 is 5.97 Å². The second kappa shape index (κ2) is 36.3. The van der Waals surface area contributed by atoms with Crippen LogP contribution in [0.15, 0.2) is 146 Å². The molecule has 0 unspecified atom stereocenters. The average Bonchev–Trinajstić information content (AvgIpc) is 1.81. The van der Waals surface area contributed by atoms with Crippen molar-refractivity contribution in [2.45, 2.75) is 98.9 Å². The predicted molar refractivity (Wildman–Crippen MR) is 342 cm³/mol. The number of carbonyl (C=O) groups is 10. The standard InChI is InChI=1S/C66H76N10O21/c67-47(31-77)57(87)74-54(32-78)65(95)76-56(34-80)64(94)72-50(27-37-5-17-43(83)18-6-37)60(90)70-52(29-39-9-21-45(85)22-10-39)62(92)75-55(33-79)63(93)71-49(26-36-3-15-42(82)16-4-36)59(89)68-48(25-35-1-13-41(81)14-2-35)58(88)69-51(28-38-7-19-44(84)20-8-38)61(91)73-53(66(96)97)30-40-11-23-46(86)24-12-40/h1-24,47-56,77-86H,25-34,67H2,(H,68,89)(H,69,88)(H,70,90)(H,71,93)(H,72,94)(H,73,91)(H,74,87)(H,75,92)(H,76,95)(H,96,97)/t47-,48-,49-,50-,51-,52-,53-,54-,55-,56-/m0/s1. The summed E-state index contributed by atoms with van der Waals surface area (Å²) >= 11 is 0. The molecule has 0 radical (unpaired) electrons. The van der Waals surface area contributed by atoms with Crippen LogP contribution in [0.3, 0.4) is 0 Å². The van der Waals surface area contributed by atoms with E-state index < -0.39 is 165 Å². The third-order valence-electron chi connectivity index (χ3n) is 15.0. The van der Waals surface area contributed by atoms with Crippen molar-refractivity contribution in [3.8, 4) is 34.5 Å². The molecule has 0 bridgehead atoms. The monoisotopic (exact) mass is 1340 g/mol. The minimum absolute atomic E-state index is 0.101. The fourth-order valence-electron chi connectivity index (χ4n) is 9.58. The van der Waals surface area contributed by atoms with Gasteiger partial charge in [0.1, 0.15) is 94.9 Å². The van der Waals surface area contributed by atoms with Crippen molar-refractivity contribution >= 4 is 59.1 Å². The summed E-state index contributed by atoms with van der Waals surface area (Å²) in [4.78, 5) is 139. The van der Waals surface area contributed by atoms with Crippen molar-refractivity contribution in [1.29, 1.82) is 0 Å². The van der Waals surface area contributed by atoms with Crippen molar-refractivity contribution in [1.82, 2.24) is 47.9 Å². The van der Waals surface area contributed by atoms with Crippen LogP contribution in [0.1, 0.15) is 33.4 Å². The van der Waals surface area contributed by atoms with E-state index in [9.17, 15) is 104 Å². The number of phenols is 6. The third-order valence-corrected chi connectivity index (χ3v) is 15.0. The van der Waals surface area contributed by atoms with Gasteiger partial charge in [-0.2, -0.15) is 0 Å². The minimum atomic E-state index is -1.96. The second-order valence-electron chi connectivity index (χ2n) is 22.4. The van der Waals surface area contributed by atoms with Gasteiger partial charge in [0.05, 0.1) is 26.4 Å². The van der Waals surface area contributed by atoms with E-state index in [2.05, 4.69) is 47.9 Å². The second-order valence-corrected chi connectivity index (χ2v) is 22.4. The molecule has 516 valence electrons. The van der Waals surface area contributed by atoms with E-state index in [0.717, 1.165) is 0 Å². The summed E-state index contributed by atoms with van der Waals surface area (Å²) in [6.45, 7) is -4.17. The SMILES string of the molecule is N[C@@H](CO)C(=O)N[C@@H](CO)C(=O)N[C@@H](CO)C(=O)N[C@@H](Cc1ccc(O)cc1)C(=O)N[C@@H](Cc1ccc(O)cc1)C(=O)N[C@@H](CO)C(=O)N[C@@H](Cc1ccc(O)cc1)C(=O)N[C@@H](Cc1ccc(O)cc1)C(=O)N[C@@H](Cc1ccc(O)cc1)C(=O)N[C@@H](Cc1ccc(O)cc1)C(=O)O. The van der Waals surface area contributed by atoms with Crippen LogP contribution in [0.4, 0.5) is 0 Å². The first-order valence-electron chi connectivity index (χ1n) is 30.1. The molecule has 6 aromatic rings. The number of nitrogens with one attached hydrogen (secondary N) is 9. The number of aliphatic carboxylic acids is 1. The van der Waals surface area contributed by atoms with E-state index in [1.807, 2.05) is 0 Å². The first kappa shape index (κ1) is 74.7. The normalized spacial score (nSPS) is 14.1. The average molecular weight is 1350 g/mol. The Morgan fingerprint density at radius 1 is 0.247 bits per heavy atom. The van der Waals surface area contributed by atoms with E-state index in [1.54, 1.807) is 0 Å². The van der Waals surface area contributed by atoms with Gasteiger partial charge in [0.2, 0.25) is 53.2 Å². The van der Waals surface area contributed by atoms with Crippen LogP contribution in [0, 0.1) is 0 Å². The number of aliphatic hydroxyl groups excluding tert-OH is 4. The van der Waals surface area contributed by atoms with Crippen molar-refractivity contribution in [3.05, 3.63) is 179 Å². The van der Waals surface area contributed by atoms with Gasteiger partial charge in [0.15, 0.2) is 0 Å². The summed E-state index contributed by atoms with van der Waals surface area (Å²) in [6, 6.07) is 15.2. The van der Waals surface area contributed by atoms with Crippen molar-refractivity contribution in [2.24, 2.45) is 5.73 Å². The van der Waals surface area contributed by atoms with Gasteiger partial charge in [-0.3, -0.25) is 43.2 Å². The van der Waals surface area contributed by atoms with Crippen molar-refractivity contribution < 1.29 is 104 Å². The van der Waals surface area contributed by atoms with Gasteiger partial charge in [-0.25, -0.2) is 4.79 Å². The van der Waals surface area contributed by atoms with E-state index in [1.165, 1.54) is 146 Å². The fraction of sp³-hybridized carbons (Fsp3) is 0.303. The molecule has 10 atom stereocenters. The molecule has 0 aliphatic carbocycles. The number of hydrogen-bond donors (Lipinski definition) is 21. The zero-order valence-corrected chi connectivity index (χ0v) is 51.8. The number of rotatable bonds is 35. The summed E-state index contributed by atoms with van der Waals surface area (Å²) in [7, 11) is 0. The smallest absolute Gasteiger partial charge is 0.326 e. The van der Waals surface area contributed by atoms with Gasteiger partial charge in [-0.1, -0.05) is 72.8 Å². The summed E-state index contributed by atoms with van der Waals surface area (Å²) in [5.74, 6) is -12.6. The Kier molecular flexibility index (Phi) is 28.0. The zero-order valence-electron chi connectivity index (χ0n) is 51.8. The number of nitrogens with two attached hydrogens (primary N) is 1. The highest BCUT2D eigenvalue weighted by molar-refractivity contribution is 5.99. The number of amides is 9. The molecular weight excluding hydrogens is 1270 g/mol. The number of carboxylic acids is 1. The molecule has 31 nitrogen and oxygen atoms in total. The number of hydrogen-bond acceptors (Lipinski definition) is 21. The van der Waals surface area contributed by atoms with Crippen LogP contribution in [-0.2, 0) is 86.5 Å². The highest BCUT2D eigenvalue weighted by atomic mass is 16.4. The fourth-order valence-corrected chi connectivity index (χ4v) is 9.58. The number of aromatic hydroxyl groups is 6. The molecule has 6 rings (SSSR count). The van der Waals surface area contributed by atoms with Crippen LogP contribution >= 0.6 is 0 Å². The highest BCUT2D eigenvalue weighted by Gasteiger charge is 2.36. The lowest BCUT2D eigenvalue weighted by Crippen LogP contribution is -2.62. The van der Waals surface area contributed by atoms with Gasteiger partial charge in [0.25, 0.3) is 0 Å². The summed E-state index contributed by atoms with van der Waals surface area (Å²) < 4.78 is 0. The number of carboxylic acid groups (broad SMARTS) is 1. The molecule has 0 heterocycles. The van der Waals surface area contributed by atoms with E-state index in [-0.39, 0.29) is 59.3 Å².